The first-order chi connectivity index (χ1) is 17.5. The fraction of sp³-hybridized carbons (Fsp3) is 0.414. The molecule has 0 N–H and O–H groups in total. The fourth-order valence-electron chi connectivity index (χ4n) is 6.08. The Morgan fingerprint density at radius 3 is 2.53 bits per heavy atom. The monoisotopic (exact) mass is 505 g/mol. The first-order valence-electron chi connectivity index (χ1n) is 12.7. The molecule has 0 amide bonds. The topological polar surface area (TPSA) is 74.2 Å². The van der Waals surface area contributed by atoms with Crippen LogP contribution in [0.3, 0.4) is 0 Å². The van der Waals surface area contributed by atoms with Gasteiger partial charge in [0.1, 0.15) is 12.0 Å². The molecule has 3 atom stereocenters. The highest BCUT2D eigenvalue weighted by Gasteiger charge is 2.46. The fourth-order valence-corrected chi connectivity index (χ4v) is 6.35. The quantitative estimate of drug-likeness (QED) is 0.467. The molecule has 0 bridgehead atoms. The van der Waals surface area contributed by atoms with Gasteiger partial charge >= 0.3 is 5.97 Å². The Labute approximate surface area is 215 Å². The highest BCUT2D eigenvalue weighted by molar-refractivity contribution is 6.32. The number of ketones is 1. The molecule has 1 unspecified atom stereocenters. The van der Waals surface area contributed by atoms with E-state index in [0.29, 0.717) is 46.2 Å². The normalized spacial score (nSPS) is 25.6. The van der Waals surface area contributed by atoms with E-state index in [-0.39, 0.29) is 30.6 Å². The van der Waals surface area contributed by atoms with Crippen LogP contribution in [0.4, 0.5) is 0 Å². The van der Waals surface area contributed by atoms with Crippen LogP contribution < -0.4 is 9.47 Å². The Morgan fingerprint density at radius 2 is 1.78 bits per heavy atom. The zero-order valence-corrected chi connectivity index (χ0v) is 20.9. The van der Waals surface area contributed by atoms with Gasteiger partial charge in [0, 0.05) is 40.4 Å². The van der Waals surface area contributed by atoms with Crippen LogP contribution in [0.15, 0.2) is 58.7 Å². The minimum absolute atomic E-state index is 0.00115. The number of ether oxygens (including phenoxy) is 3. The van der Waals surface area contributed by atoms with Crippen LogP contribution in [0.5, 0.6) is 11.5 Å². The lowest BCUT2D eigenvalue weighted by atomic mass is 9.69. The molecule has 2 heterocycles. The van der Waals surface area contributed by atoms with Gasteiger partial charge in [0.15, 0.2) is 17.3 Å². The number of hydrogen-bond donors (Lipinski definition) is 0. The maximum atomic E-state index is 13.8. The van der Waals surface area contributed by atoms with E-state index < -0.39 is 11.8 Å². The number of esters is 1. The predicted octanol–water partition coefficient (Wildman–Crippen LogP) is 6.13. The van der Waals surface area contributed by atoms with Crippen molar-refractivity contribution >= 4 is 29.1 Å². The van der Waals surface area contributed by atoms with E-state index >= 15 is 0 Å². The number of halogens is 1. The molecule has 2 aromatic carbocycles. The third-order valence-electron chi connectivity index (χ3n) is 7.83. The Balaban J connectivity index is 1.44. The van der Waals surface area contributed by atoms with Crippen molar-refractivity contribution in [1.29, 1.82) is 0 Å². The van der Waals surface area contributed by atoms with Crippen LogP contribution in [-0.2, 0) is 14.3 Å². The second-order valence-corrected chi connectivity index (χ2v) is 10.5. The van der Waals surface area contributed by atoms with Crippen LogP contribution >= 0.6 is 11.6 Å². The second kappa shape index (κ2) is 9.40. The van der Waals surface area contributed by atoms with Gasteiger partial charge in [-0.2, -0.15) is 0 Å². The van der Waals surface area contributed by atoms with Gasteiger partial charge < -0.3 is 14.2 Å². The maximum Gasteiger partial charge on any atom is 0.315 e. The van der Waals surface area contributed by atoms with Crippen LogP contribution in [0, 0.1) is 5.92 Å². The Hall–Kier alpha value is -3.12. The number of Topliss-reactive ketones (excluding diaryl/α,β-unsaturated/α-hetero) is 1. The number of allylic oxidation sites excluding steroid dienone is 2. The van der Waals surface area contributed by atoms with E-state index in [0.717, 1.165) is 36.9 Å². The van der Waals surface area contributed by atoms with Crippen molar-refractivity contribution < 1.29 is 23.8 Å². The molecular weight excluding hydrogens is 478 g/mol. The standard InChI is InChI=1S/C29H28ClNO5/c1-16-26(29(33)36-19-9-5-6-10-19)27(20-13-24-25(14-21(20)30)35-15-34-24)28-22(31-16)11-18(12-23(28)32)17-7-3-2-4-8-17/h2-4,7-8,13-14,18-19,26-27H,5-6,9-12,15H2,1H3/t18-,26?,27-/m1/s1. The summed E-state index contributed by atoms with van der Waals surface area (Å²) in [6.07, 6.45) is 4.76. The van der Waals surface area contributed by atoms with Crippen LogP contribution in [0.2, 0.25) is 5.02 Å². The number of nitrogens with zero attached hydrogens (tertiary/aromatic N) is 1. The molecule has 1 saturated carbocycles. The lowest BCUT2D eigenvalue weighted by Gasteiger charge is -2.37. The van der Waals surface area contributed by atoms with Crippen molar-refractivity contribution in [3.05, 3.63) is 69.9 Å². The van der Waals surface area contributed by atoms with Crippen LogP contribution in [0.1, 0.15) is 68.4 Å². The van der Waals surface area contributed by atoms with E-state index in [4.69, 9.17) is 30.8 Å². The summed E-state index contributed by atoms with van der Waals surface area (Å²) < 4.78 is 17.1. The van der Waals surface area contributed by atoms with E-state index in [9.17, 15) is 9.59 Å². The highest BCUT2D eigenvalue weighted by Crippen LogP contribution is 2.50. The lowest BCUT2D eigenvalue weighted by molar-refractivity contribution is -0.151. The summed E-state index contributed by atoms with van der Waals surface area (Å²) in [5, 5.41) is 0.433. The number of carbonyl (C=O) groups excluding carboxylic acids is 2. The molecule has 0 radical (unpaired) electrons. The number of fused-ring (bicyclic) bond motifs is 1. The van der Waals surface area contributed by atoms with Gasteiger partial charge in [-0.25, -0.2) is 0 Å². The molecule has 2 aliphatic heterocycles. The van der Waals surface area contributed by atoms with Gasteiger partial charge in [-0.15, -0.1) is 0 Å². The number of hydrogen-bond acceptors (Lipinski definition) is 6. The summed E-state index contributed by atoms with van der Waals surface area (Å²) in [6.45, 7) is 1.97. The summed E-state index contributed by atoms with van der Waals surface area (Å²) in [5.74, 6) is -0.487. The maximum absolute atomic E-state index is 13.8. The first-order valence-corrected chi connectivity index (χ1v) is 13.0. The molecule has 36 heavy (non-hydrogen) atoms. The molecule has 7 heteroatoms. The third kappa shape index (κ3) is 4.11. The predicted molar refractivity (Wildman–Crippen MR) is 136 cm³/mol. The van der Waals surface area contributed by atoms with Crippen LogP contribution in [-0.4, -0.2) is 30.4 Å². The summed E-state index contributed by atoms with van der Waals surface area (Å²) in [7, 11) is 0. The van der Waals surface area contributed by atoms with Crippen molar-refractivity contribution in [2.45, 2.75) is 63.4 Å². The molecule has 1 fully saturated rings. The summed E-state index contributed by atoms with van der Waals surface area (Å²) in [6, 6.07) is 13.6. The number of rotatable bonds is 4. The van der Waals surface area contributed by atoms with E-state index in [1.165, 1.54) is 0 Å². The SMILES string of the molecule is CC1=NC2=C(C(=O)C[C@H](c3ccccc3)C2)[C@H](c2cc3c(cc2Cl)OCO3)C1C(=O)OC1CCCC1. The zero-order valence-electron chi connectivity index (χ0n) is 20.2. The molecule has 2 aliphatic carbocycles. The first kappa shape index (κ1) is 23.3. The number of benzene rings is 2. The lowest BCUT2D eigenvalue weighted by Crippen LogP contribution is -2.39. The minimum atomic E-state index is -0.723. The third-order valence-corrected chi connectivity index (χ3v) is 8.15. The second-order valence-electron chi connectivity index (χ2n) is 10.1. The molecule has 6 rings (SSSR count). The number of carbonyl (C=O) groups is 2. The smallest absolute Gasteiger partial charge is 0.315 e. The zero-order chi connectivity index (χ0) is 24.8. The molecule has 0 aromatic heterocycles. The van der Waals surface area contributed by atoms with Crippen molar-refractivity contribution in [3.63, 3.8) is 0 Å². The van der Waals surface area contributed by atoms with Gasteiger partial charge in [-0.3, -0.25) is 14.6 Å². The van der Waals surface area contributed by atoms with E-state index in [1.807, 2.05) is 31.2 Å². The molecule has 0 saturated heterocycles. The summed E-state index contributed by atoms with van der Waals surface area (Å²) in [4.78, 5) is 32.3. The van der Waals surface area contributed by atoms with Gasteiger partial charge in [-0.05, 0) is 62.1 Å². The number of aliphatic imine (C=N–C) groups is 1. The van der Waals surface area contributed by atoms with Gasteiger partial charge in [0.2, 0.25) is 6.79 Å². The van der Waals surface area contributed by atoms with Crippen molar-refractivity contribution in [1.82, 2.24) is 0 Å². The highest BCUT2D eigenvalue weighted by atomic mass is 35.5. The van der Waals surface area contributed by atoms with Gasteiger partial charge in [0.25, 0.3) is 0 Å². The van der Waals surface area contributed by atoms with E-state index in [2.05, 4.69) is 12.1 Å². The van der Waals surface area contributed by atoms with Crippen molar-refractivity contribution in [3.8, 4) is 11.5 Å². The molecule has 186 valence electrons. The summed E-state index contributed by atoms with van der Waals surface area (Å²) >= 11 is 6.77. The molecule has 4 aliphatic rings. The largest absolute Gasteiger partial charge is 0.462 e. The van der Waals surface area contributed by atoms with Crippen molar-refractivity contribution in [2.24, 2.45) is 10.9 Å². The average Bonchev–Trinajstić information content (AvgIpc) is 3.54. The molecule has 0 spiro atoms. The molecule has 2 aromatic rings. The Morgan fingerprint density at radius 1 is 1.06 bits per heavy atom. The van der Waals surface area contributed by atoms with Gasteiger partial charge in [-0.1, -0.05) is 41.9 Å². The Bertz CT molecular complexity index is 1280. The molecular formula is C29H28ClNO5. The average molecular weight is 506 g/mol. The van der Waals surface area contributed by atoms with Crippen molar-refractivity contribution in [2.75, 3.05) is 6.79 Å². The summed E-state index contributed by atoms with van der Waals surface area (Å²) in [5.41, 5.74) is 3.74. The molecule has 6 nitrogen and oxygen atoms in total. The van der Waals surface area contributed by atoms with E-state index in [1.54, 1.807) is 6.07 Å². The van der Waals surface area contributed by atoms with Gasteiger partial charge in [0.05, 0.1) is 0 Å². The Kier molecular flexibility index (Phi) is 6.08. The minimum Gasteiger partial charge on any atom is -0.462 e. The van der Waals surface area contributed by atoms with Crippen LogP contribution in [0.25, 0.3) is 0 Å².